The maximum atomic E-state index is 13.0. The van der Waals surface area contributed by atoms with Crippen LogP contribution in [0.3, 0.4) is 0 Å². The van der Waals surface area contributed by atoms with Gasteiger partial charge in [-0.25, -0.2) is 13.1 Å². The van der Waals surface area contributed by atoms with Gasteiger partial charge in [0.05, 0.1) is 11.9 Å². The Morgan fingerprint density at radius 1 is 1.00 bits per heavy atom. The van der Waals surface area contributed by atoms with E-state index >= 15 is 0 Å². The quantitative estimate of drug-likeness (QED) is 0.760. The van der Waals surface area contributed by atoms with Crippen LogP contribution in [0.4, 0.5) is 8.78 Å². The highest BCUT2D eigenvalue weighted by atomic mass is 32.2. The summed E-state index contributed by atoms with van der Waals surface area (Å²) in [4.78, 5) is 2.42. The van der Waals surface area contributed by atoms with Crippen LogP contribution in [0.25, 0.3) is 0 Å². The third kappa shape index (κ3) is 2.92. The first-order valence-electron chi connectivity index (χ1n) is 10.4. The molecule has 5 fully saturated rings. The summed E-state index contributed by atoms with van der Waals surface area (Å²) in [5.41, 5.74) is -0.00142. The molecule has 4 saturated carbocycles. The molecule has 1 saturated heterocycles. The topological polar surface area (TPSA) is 58.4 Å². The summed E-state index contributed by atoms with van der Waals surface area (Å²) in [5, 5.41) is 3.56. The molecule has 2 heterocycles. The van der Waals surface area contributed by atoms with Crippen LogP contribution in [0.5, 0.6) is 0 Å². The van der Waals surface area contributed by atoms with E-state index in [0.717, 1.165) is 43.0 Å². The van der Waals surface area contributed by atoms with Crippen LogP contribution in [-0.2, 0) is 10.0 Å². The van der Waals surface area contributed by atoms with Crippen LogP contribution in [-0.4, -0.2) is 59.6 Å². The van der Waals surface area contributed by atoms with Gasteiger partial charge < -0.3 is 0 Å². The van der Waals surface area contributed by atoms with Crippen LogP contribution in [0.2, 0.25) is 0 Å². The third-order valence-electron chi connectivity index (χ3n) is 7.67. The number of hydrogen-bond acceptors (Lipinski definition) is 4. The molecule has 0 spiro atoms. The van der Waals surface area contributed by atoms with Crippen LogP contribution in [0, 0.1) is 30.6 Å². The molecule has 0 aromatic carbocycles. The Kier molecular flexibility index (Phi) is 4.56. The van der Waals surface area contributed by atoms with Crippen molar-refractivity contribution in [2.75, 3.05) is 26.2 Å². The molecule has 156 valence electrons. The number of halogens is 2. The van der Waals surface area contributed by atoms with E-state index in [1.54, 1.807) is 0 Å². The van der Waals surface area contributed by atoms with Crippen LogP contribution in [0.1, 0.15) is 44.3 Å². The Bertz CT molecular complexity index is 820. The molecular formula is C19H28F2N4O2S. The number of sulfonamides is 1. The number of hydrogen-bond donors (Lipinski definition) is 0. The average molecular weight is 415 g/mol. The fourth-order valence-corrected chi connectivity index (χ4v) is 8.30. The zero-order chi connectivity index (χ0) is 19.6. The Labute approximate surface area is 164 Å². The van der Waals surface area contributed by atoms with Gasteiger partial charge in [-0.1, -0.05) is 0 Å². The molecule has 0 atom stereocenters. The minimum atomic E-state index is -3.79. The van der Waals surface area contributed by atoms with Crippen LogP contribution >= 0.6 is 0 Å². The Balaban J connectivity index is 1.28. The number of aromatic nitrogens is 2. The first-order chi connectivity index (χ1) is 13.3. The first kappa shape index (κ1) is 18.9. The van der Waals surface area contributed by atoms with Gasteiger partial charge in [-0.3, -0.25) is 4.90 Å². The molecular weight excluding hydrogens is 386 g/mol. The molecule has 6 rings (SSSR count). The van der Waals surface area contributed by atoms with Crippen molar-refractivity contribution < 1.29 is 17.2 Å². The Morgan fingerprint density at radius 2 is 1.57 bits per heavy atom. The van der Waals surface area contributed by atoms with Gasteiger partial charge in [-0.05, 0) is 62.7 Å². The van der Waals surface area contributed by atoms with Crippen molar-refractivity contribution in [1.29, 1.82) is 0 Å². The maximum Gasteiger partial charge on any atom is 0.333 e. The van der Waals surface area contributed by atoms with Gasteiger partial charge in [0.1, 0.15) is 4.90 Å². The lowest BCUT2D eigenvalue weighted by atomic mass is 9.54. The Morgan fingerprint density at radius 3 is 2.07 bits per heavy atom. The van der Waals surface area contributed by atoms with E-state index in [0.29, 0.717) is 23.8 Å². The largest absolute Gasteiger partial charge is 0.333 e. The zero-order valence-electron chi connectivity index (χ0n) is 16.2. The second-order valence-corrected chi connectivity index (χ2v) is 11.1. The normalized spacial score (nSPS) is 36.5. The predicted molar refractivity (Wildman–Crippen MR) is 99.4 cm³/mol. The van der Waals surface area contributed by atoms with E-state index in [2.05, 4.69) is 10.00 Å². The van der Waals surface area contributed by atoms with Crippen molar-refractivity contribution in [3.05, 3.63) is 11.9 Å². The van der Waals surface area contributed by atoms with Crippen molar-refractivity contribution in [2.45, 2.75) is 56.5 Å². The fraction of sp³-hybridized carbons (Fsp3) is 0.842. The maximum absolute atomic E-state index is 13.0. The number of nitrogens with zero attached hydrogens (tertiary/aromatic N) is 4. The van der Waals surface area contributed by atoms with Gasteiger partial charge in [0.2, 0.25) is 10.0 Å². The third-order valence-corrected chi connectivity index (χ3v) is 9.68. The van der Waals surface area contributed by atoms with Gasteiger partial charge >= 0.3 is 6.55 Å². The van der Waals surface area contributed by atoms with Gasteiger partial charge in [0.15, 0.2) is 0 Å². The lowest BCUT2D eigenvalue weighted by Gasteiger charge is -2.58. The summed E-state index contributed by atoms with van der Waals surface area (Å²) in [6.45, 7) is 0.853. The molecule has 1 aromatic heterocycles. The van der Waals surface area contributed by atoms with Crippen molar-refractivity contribution >= 4 is 10.0 Å². The van der Waals surface area contributed by atoms with Gasteiger partial charge in [-0.15, -0.1) is 0 Å². The summed E-state index contributed by atoms with van der Waals surface area (Å²) in [6, 6.07) is 0.612. The highest BCUT2D eigenvalue weighted by molar-refractivity contribution is 7.89. The summed E-state index contributed by atoms with van der Waals surface area (Å²) >= 11 is 0. The number of piperazine rings is 1. The molecule has 0 unspecified atom stereocenters. The lowest BCUT2D eigenvalue weighted by molar-refractivity contribution is -0.0720. The molecule has 4 bridgehead atoms. The van der Waals surface area contributed by atoms with E-state index < -0.39 is 16.6 Å². The van der Waals surface area contributed by atoms with E-state index in [9.17, 15) is 17.2 Å². The number of alkyl halides is 2. The van der Waals surface area contributed by atoms with Crippen LogP contribution < -0.4 is 0 Å². The molecule has 9 heteroatoms. The fourth-order valence-electron chi connectivity index (χ4n) is 6.73. The molecule has 0 amide bonds. The minimum absolute atomic E-state index is 0.00142. The van der Waals surface area contributed by atoms with E-state index in [1.807, 2.05) is 0 Å². The highest BCUT2D eigenvalue weighted by Gasteiger charge is 2.50. The van der Waals surface area contributed by atoms with Crippen molar-refractivity contribution in [3.63, 3.8) is 0 Å². The van der Waals surface area contributed by atoms with Crippen LogP contribution in [0.15, 0.2) is 11.1 Å². The molecule has 28 heavy (non-hydrogen) atoms. The van der Waals surface area contributed by atoms with Crippen molar-refractivity contribution in [2.24, 2.45) is 23.7 Å². The number of rotatable bonds is 4. The summed E-state index contributed by atoms with van der Waals surface area (Å²) in [6.07, 6.45) is 7.88. The minimum Gasteiger partial charge on any atom is -0.297 e. The predicted octanol–water partition coefficient (Wildman–Crippen LogP) is 2.72. The Hall–Kier alpha value is -1.06. The standard InChI is InChI=1S/C19H28F2N4O2S/c1-12-17(11-22-25(12)19(20)21)28(26,27)24-4-2-23(3-5-24)18-15-7-13-6-14(9-15)10-16(18)8-13/h11,13-16,18-19H,2-10H2,1H3. The highest BCUT2D eigenvalue weighted by Crippen LogP contribution is 2.55. The second kappa shape index (κ2) is 6.74. The second-order valence-electron chi connectivity index (χ2n) is 9.18. The average Bonchev–Trinajstić information content (AvgIpc) is 3.04. The van der Waals surface area contributed by atoms with E-state index in [1.165, 1.54) is 43.3 Å². The van der Waals surface area contributed by atoms with Gasteiger partial charge in [0, 0.05) is 32.2 Å². The zero-order valence-corrected chi connectivity index (χ0v) is 17.0. The van der Waals surface area contributed by atoms with Gasteiger partial charge in [-0.2, -0.15) is 18.2 Å². The van der Waals surface area contributed by atoms with E-state index in [4.69, 9.17) is 0 Å². The lowest BCUT2D eigenvalue weighted by Crippen LogP contribution is -2.60. The molecule has 4 aliphatic carbocycles. The monoisotopic (exact) mass is 414 g/mol. The SMILES string of the molecule is Cc1c(S(=O)(=O)N2CCN(C3C4CC5CC(C4)CC3C5)CC2)cnn1C(F)F. The smallest absolute Gasteiger partial charge is 0.297 e. The summed E-state index contributed by atoms with van der Waals surface area (Å²) < 4.78 is 53.8. The molecule has 6 nitrogen and oxygen atoms in total. The summed E-state index contributed by atoms with van der Waals surface area (Å²) in [5.74, 6) is 3.42. The molecule has 0 radical (unpaired) electrons. The molecule has 1 aliphatic heterocycles. The molecule has 5 aliphatic rings. The van der Waals surface area contributed by atoms with Crippen molar-refractivity contribution in [3.8, 4) is 0 Å². The van der Waals surface area contributed by atoms with Gasteiger partial charge in [0.25, 0.3) is 0 Å². The molecule has 0 N–H and O–H groups in total. The first-order valence-corrected chi connectivity index (χ1v) is 11.8. The van der Waals surface area contributed by atoms with Crippen molar-refractivity contribution in [1.82, 2.24) is 19.0 Å². The van der Waals surface area contributed by atoms with E-state index in [-0.39, 0.29) is 10.6 Å². The summed E-state index contributed by atoms with van der Waals surface area (Å²) in [7, 11) is -3.79. The molecule has 1 aromatic rings.